The van der Waals surface area contributed by atoms with Gasteiger partial charge in [0.25, 0.3) is 0 Å². The number of carbonyl (C=O) groups is 2. The smallest absolute Gasteiger partial charge is 0.250 e. The number of hydrogen-bond donors (Lipinski definition) is 1. The molecule has 6 heteroatoms. The van der Waals surface area contributed by atoms with Gasteiger partial charge in [0, 0.05) is 12.2 Å². The summed E-state index contributed by atoms with van der Waals surface area (Å²) in [5.41, 5.74) is 0.684. The van der Waals surface area contributed by atoms with Gasteiger partial charge in [-0.15, -0.1) is 0 Å². The van der Waals surface area contributed by atoms with Gasteiger partial charge in [-0.3, -0.25) is 19.2 Å². The molecule has 1 saturated heterocycles. The van der Waals surface area contributed by atoms with Crippen molar-refractivity contribution in [2.24, 2.45) is 5.92 Å². The summed E-state index contributed by atoms with van der Waals surface area (Å²) < 4.78 is 1.79. The van der Waals surface area contributed by atoms with Crippen molar-refractivity contribution in [1.82, 2.24) is 15.1 Å². The van der Waals surface area contributed by atoms with Crippen LogP contribution < -0.4 is 10.2 Å². The molecule has 0 bridgehead atoms. The van der Waals surface area contributed by atoms with E-state index in [1.54, 1.807) is 22.7 Å². The summed E-state index contributed by atoms with van der Waals surface area (Å²) in [7, 11) is 0. The van der Waals surface area contributed by atoms with Gasteiger partial charge in [-0.25, -0.2) is 0 Å². The molecular weight excluding hydrogens is 256 g/mol. The van der Waals surface area contributed by atoms with E-state index in [-0.39, 0.29) is 23.8 Å². The van der Waals surface area contributed by atoms with Crippen LogP contribution >= 0.6 is 0 Å². The first-order valence-corrected chi connectivity index (χ1v) is 7.00. The van der Waals surface area contributed by atoms with Crippen molar-refractivity contribution in [1.29, 1.82) is 0 Å². The summed E-state index contributed by atoms with van der Waals surface area (Å²) in [6, 6.07) is -0.768. The first-order chi connectivity index (χ1) is 9.32. The van der Waals surface area contributed by atoms with Crippen LogP contribution in [0.2, 0.25) is 0 Å². The van der Waals surface area contributed by atoms with Gasteiger partial charge in [-0.1, -0.05) is 13.8 Å². The highest BCUT2D eigenvalue weighted by Crippen LogP contribution is 2.25. The molecule has 2 rings (SSSR count). The van der Waals surface area contributed by atoms with E-state index in [4.69, 9.17) is 0 Å². The summed E-state index contributed by atoms with van der Waals surface area (Å²) in [6.45, 7) is 9.62. The van der Waals surface area contributed by atoms with E-state index in [9.17, 15) is 9.59 Å². The molecule has 1 N–H and O–H groups in total. The SMILES string of the molecule is CC1NC(=O)C(C(C)C)N(c2cnn(C(C)C)c2)C1=O. The summed E-state index contributed by atoms with van der Waals surface area (Å²) in [6.07, 6.45) is 3.47. The molecule has 2 heterocycles. The van der Waals surface area contributed by atoms with E-state index >= 15 is 0 Å². The molecule has 2 amide bonds. The van der Waals surface area contributed by atoms with Crippen molar-refractivity contribution < 1.29 is 9.59 Å². The molecule has 2 unspecified atom stereocenters. The maximum Gasteiger partial charge on any atom is 0.250 e. The maximum absolute atomic E-state index is 12.4. The van der Waals surface area contributed by atoms with Gasteiger partial charge in [-0.2, -0.15) is 5.10 Å². The van der Waals surface area contributed by atoms with Crippen LogP contribution in [0.25, 0.3) is 0 Å². The molecule has 0 aromatic carbocycles. The quantitative estimate of drug-likeness (QED) is 0.907. The molecule has 1 aliphatic heterocycles. The summed E-state index contributed by atoms with van der Waals surface area (Å²) in [5.74, 6) is -0.162. The van der Waals surface area contributed by atoms with E-state index < -0.39 is 12.1 Å². The van der Waals surface area contributed by atoms with Crippen LogP contribution in [0.4, 0.5) is 5.69 Å². The van der Waals surface area contributed by atoms with Gasteiger partial charge in [-0.05, 0) is 26.7 Å². The fourth-order valence-corrected chi connectivity index (χ4v) is 2.45. The van der Waals surface area contributed by atoms with Crippen LogP contribution in [-0.2, 0) is 9.59 Å². The number of hydrogen-bond acceptors (Lipinski definition) is 3. The van der Waals surface area contributed by atoms with Crippen molar-refractivity contribution in [3.05, 3.63) is 12.4 Å². The van der Waals surface area contributed by atoms with E-state index in [0.717, 1.165) is 0 Å². The van der Waals surface area contributed by atoms with Crippen LogP contribution in [0.5, 0.6) is 0 Å². The molecule has 0 spiro atoms. The Labute approximate surface area is 119 Å². The number of rotatable bonds is 3. The highest BCUT2D eigenvalue weighted by molar-refractivity contribution is 6.08. The fourth-order valence-electron chi connectivity index (χ4n) is 2.45. The van der Waals surface area contributed by atoms with Crippen LogP contribution in [-0.4, -0.2) is 33.7 Å². The lowest BCUT2D eigenvalue weighted by atomic mass is 9.97. The third kappa shape index (κ3) is 2.42. The highest BCUT2D eigenvalue weighted by atomic mass is 16.2. The number of piperazine rings is 1. The summed E-state index contributed by atoms with van der Waals surface area (Å²) in [5, 5.41) is 6.99. The fraction of sp³-hybridized carbons (Fsp3) is 0.643. The first-order valence-electron chi connectivity index (χ1n) is 7.00. The maximum atomic E-state index is 12.4. The number of nitrogens with one attached hydrogen (secondary N) is 1. The first kappa shape index (κ1) is 14.6. The van der Waals surface area contributed by atoms with Crippen LogP contribution in [0, 0.1) is 5.92 Å². The van der Waals surface area contributed by atoms with Crippen LogP contribution in [0.15, 0.2) is 12.4 Å². The number of carbonyl (C=O) groups excluding carboxylic acids is 2. The largest absolute Gasteiger partial charge is 0.343 e. The molecule has 1 aromatic rings. The minimum Gasteiger partial charge on any atom is -0.343 e. The van der Waals surface area contributed by atoms with E-state index in [1.165, 1.54) is 0 Å². The molecule has 0 aliphatic carbocycles. The average molecular weight is 278 g/mol. The normalized spacial score (nSPS) is 23.6. The molecule has 1 aromatic heterocycles. The molecule has 1 aliphatic rings. The molecule has 6 nitrogen and oxygen atoms in total. The zero-order valence-corrected chi connectivity index (χ0v) is 12.6. The number of aromatic nitrogens is 2. The van der Waals surface area contributed by atoms with Crippen LogP contribution in [0.3, 0.4) is 0 Å². The van der Waals surface area contributed by atoms with E-state index in [2.05, 4.69) is 10.4 Å². The Morgan fingerprint density at radius 3 is 2.40 bits per heavy atom. The lowest BCUT2D eigenvalue weighted by molar-refractivity contribution is -0.134. The number of amides is 2. The van der Waals surface area contributed by atoms with Crippen molar-refractivity contribution in [2.45, 2.75) is 52.7 Å². The van der Waals surface area contributed by atoms with Crippen molar-refractivity contribution in [3.8, 4) is 0 Å². The zero-order valence-electron chi connectivity index (χ0n) is 12.6. The Hall–Kier alpha value is -1.85. The summed E-state index contributed by atoms with van der Waals surface area (Å²) in [4.78, 5) is 26.2. The van der Waals surface area contributed by atoms with Gasteiger partial charge in [0.2, 0.25) is 11.8 Å². The predicted octanol–water partition coefficient (Wildman–Crippen LogP) is 1.34. The Bertz CT molecular complexity index is 521. The lowest BCUT2D eigenvalue weighted by Gasteiger charge is -2.39. The third-order valence-electron chi connectivity index (χ3n) is 3.54. The summed E-state index contributed by atoms with van der Waals surface area (Å²) >= 11 is 0. The molecule has 1 fully saturated rings. The molecule has 2 atom stereocenters. The molecular formula is C14H22N4O2. The lowest BCUT2D eigenvalue weighted by Crippen LogP contribution is -2.64. The van der Waals surface area contributed by atoms with Gasteiger partial charge >= 0.3 is 0 Å². The third-order valence-corrected chi connectivity index (χ3v) is 3.54. The van der Waals surface area contributed by atoms with Crippen molar-refractivity contribution in [2.75, 3.05) is 4.90 Å². The Balaban J connectivity index is 2.41. The standard InChI is InChI=1S/C14H22N4O2/c1-8(2)12-13(19)16-10(5)14(20)18(12)11-6-15-17(7-11)9(3)4/h6-10,12H,1-5H3,(H,16,19). The minimum absolute atomic E-state index is 0.0360. The molecule has 110 valence electrons. The Morgan fingerprint density at radius 2 is 1.90 bits per heavy atom. The minimum atomic E-state index is -0.500. The highest BCUT2D eigenvalue weighted by Gasteiger charge is 2.41. The molecule has 0 radical (unpaired) electrons. The second-order valence-corrected chi connectivity index (χ2v) is 5.90. The van der Waals surface area contributed by atoms with Crippen molar-refractivity contribution in [3.63, 3.8) is 0 Å². The number of nitrogens with zero attached hydrogens (tertiary/aromatic N) is 3. The predicted molar refractivity (Wildman–Crippen MR) is 76.3 cm³/mol. The number of anilines is 1. The van der Waals surface area contributed by atoms with E-state index in [1.807, 2.05) is 33.9 Å². The van der Waals surface area contributed by atoms with Gasteiger partial charge in [0.1, 0.15) is 12.1 Å². The topological polar surface area (TPSA) is 67.2 Å². The monoisotopic (exact) mass is 278 g/mol. The van der Waals surface area contributed by atoms with Gasteiger partial charge in [0.05, 0.1) is 11.9 Å². The van der Waals surface area contributed by atoms with Crippen molar-refractivity contribution >= 4 is 17.5 Å². The zero-order chi connectivity index (χ0) is 15.0. The van der Waals surface area contributed by atoms with Gasteiger partial charge in [0.15, 0.2) is 0 Å². The Kier molecular flexibility index (Phi) is 3.83. The molecule has 0 saturated carbocycles. The molecule has 20 heavy (non-hydrogen) atoms. The van der Waals surface area contributed by atoms with E-state index in [0.29, 0.717) is 5.69 Å². The second kappa shape index (κ2) is 5.26. The Morgan fingerprint density at radius 1 is 1.25 bits per heavy atom. The van der Waals surface area contributed by atoms with Gasteiger partial charge < -0.3 is 5.32 Å². The van der Waals surface area contributed by atoms with Crippen LogP contribution in [0.1, 0.15) is 40.7 Å². The second-order valence-electron chi connectivity index (χ2n) is 5.90. The average Bonchev–Trinajstić information content (AvgIpc) is 2.82.